The zero-order valence-corrected chi connectivity index (χ0v) is 18.5. The van der Waals surface area contributed by atoms with Gasteiger partial charge in [0.2, 0.25) is 0 Å². The number of hydrogen-bond donors (Lipinski definition) is 1. The van der Waals surface area contributed by atoms with Crippen LogP contribution in [0.1, 0.15) is 33.5 Å². The Kier molecular flexibility index (Phi) is 8.59. The molecule has 2 aromatic rings. The van der Waals surface area contributed by atoms with Gasteiger partial charge in [0.25, 0.3) is 11.8 Å². The van der Waals surface area contributed by atoms with Crippen LogP contribution in [-0.2, 0) is 14.3 Å². The van der Waals surface area contributed by atoms with Crippen molar-refractivity contribution in [2.75, 3.05) is 24.6 Å². The number of nitrogens with one attached hydrogen (secondary N) is 1. The van der Waals surface area contributed by atoms with Crippen molar-refractivity contribution in [2.24, 2.45) is 0 Å². The van der Waals surface area contributed by atoms with E-state index in [0.717, 1.165) is 16.7 Å². The lowest BCUT2D eigenvalue weighted by molar-refractivity contribution is -0.146. The van der Waals surface area contributed by atoms with E-state index in [1.165, 1.54) is 4.90 Å². The van der Waals surface area contributed by atoms with E-state index in [2.05, 4.69) is 5.32 Å². The van der Waals surface area contributed by atoms with Gasteiger partial charge in [-0.3, -0.25) is 14.4 Å². The highest BCUT2D eigenvalue weighted by atomic mass is 35.5. The van der Waals surface area contributed by atoms with Crippen LogP contribution in [0.4, 0.5) is 5.69 Å². The Hall–Kier alpha value is -3.37. The number of halogens is 1. The first-order chi connectivity index (χ1) is 14.7. The number of anilines is 1. The van der Waals surface area contributed by atoms with Gasteiger partial charge in [0.05, 0.1) is 12.5 Å². The quantitative estimate of drug-likeness (QED) is 0.632. The summed E-state index contributed by atoms with van der Waals surface area (Å²) < 4.78 is 5.02. The molecule has 0 spiro atoms. The maximum Gasteiger partial charge on any atom is 0.325 e. The van der Waals surface area contributed by atoms with Gasteiger partial charge in [-0.25, -0.2) is 0 Å². The van der Waals surface area contributed by atoms with E-state index < -0.39 is 24.4 Å². The Bertz CT molecular complexity index is 1010. The van der Waals surface area contributed by atoms with E-state index in [0.29, 0.717) is 16.3 Å². The maximum absolute atomic E-state index is 12.6. The SMILES string of the molecule is Cc1cc(C)cc(C(=O)NCC(=O)OCC(=O)N(CCC#N)c2ccc(Cl)c(C)c2)c1. The van der Waals surface area contributed by atoms with Gasteiger partial charge >= 0.3 is 5.97 Å². The molecule has 0 aliphatic carbocycles. The normalized spacial score (nSPS) is 10.2. The highest BCUT2D eigenvalue weighted by molar-refractivity contribution is 6.31. The first-order valence-electron chi connectivity index (χ1n) is 9.67. The van der Waals surface area contributed by atoms with E-state index in [9.17, 15) is 14.4 Å². The van der Waals surface area contributed by atoms with Gasteiger partial charge < -0.3 is 15.0 Å². The summed E-state index contributed by atoms with van der Waals surface area (Å²) in [6.45, 7) is 4.84. The first kappa shape index (κ1) is 23.9. The summed E-state index contributed by atoms with van der Waals surface area (Å²) in [5.74, 6) is -1.62. The molecule has 0 aliphatic heterocycles. The number of hydrogen-bond acceptors (Lipinski definition) is 5. The summed E-state index contributed by atoms with van der Waals surface area (Å²) >= 11 is 6.03. The molecule has 0 heterocycles. The maximum atomic E-state index is 12.6. The summed E-state index contributed by atoms with van der Waals surface area (Å²) in [7, 11) is 0. The Morgan fingerprint density at radius 3 is 2.39 bits per heavy atom. The zero-order valence-electron chi connectivity index (χ0n) is 17.7. The van der Waals surface area contributed by atoms with Crippen LogP contribution in [0.3, 0.4) is 0 Å². The van der Waals surface area contributed by atoms with Crippen LogP contribution in [0, 0.1) is 32.1 Å². The topological polar surface area (TPSA) is 99.5 Å². The summed E-state index contributed by atoms with van der Waals surface area (Å²) in [6.07, 6.45) is 0.118. The third-order valence-electron chi connectivity index (χ3n) is 4.44. The third-order valence-corrected chi connectivity index (χ3v) is 4.86. The standard InChI is InChI=1S/C23H24ClN3O4/c1-15-9-16(2)11-18(10-15)23(30)26-13-22(29)31-14-21(28)27(8-4-7-25)19-5-6-20(24)17(3)12-19/h5-6,9-12H,4,8,13-14H2,1-3H3,(H,26,30). The number of rotatable bonds is 8. The molecule has 1 N–H and O–H groups in total. The fourth-order valence-corrected chi connectivity index (χ4v) is 3.11. The van der Waals surface area contributed by atoms with Crippen LogP contribution in [0.25, 0.3) is 0 Å². The molecule has 162 valence electrons. The Labute approximate surface area is 186 Å². The minimum atomic E-state index is -0.737. The van der Waals surface area contributed by atoms with Gasteiger partial charge in [0.15, 0.2) is 6.61 Å². The van der Waals surface area contributed by atoms with E-state index in [4.69, 9.17) is 21.6 Å². The molecule has 31 heavy (non-hydrogen) atoms. The molecular weight excluding hydrogens is 418 g/mol. The average Bonchev–Trinajstić information content (AvgIpc) is 2.72. The highest BCUT2D eigenvalue weighted by Gasteiger charge is 2.18. The number of carbonyl (C=O) groups is 3. The minimum absolute atomic E-state index is 0.118. The number of nitrogens with zero attached hydrogens (tertiary/aromatic N) is 2. The smallest absolute Gasteiger partial charge is 0.325 e. The molecule has 0 aliphatic rings. The van der Waals surface area contributed by atoms with Crippen molar-refractivity contribution in [3.63, 3.8) is 0 Å². The van der Waals surface area contributed by atoms with Crippen molar-refractivity contribution >= 4 is 35.1 Å². The number of esters is 1. The molecule has 0 bridgehead atoms. The van der Waals surface area contributed by atoms with E-state index in [1.807, 2.05) is 26.0 Å². The van der Waals surface area contributed by atoms with Gasteiger partial charge in [-0.05, 0) is 56.7 Å². The summed E-state index contributed by atoms with van der Waals surface area (Å²) in [5, 5.41) is 11.9. The van der Waals surface area contributed by atoms with Crippen LogP contribution >= 0.6 is 11.6 Å². The lowest BCUT2D eigenvalue weighted by atomic mass is 10.1. The summed E-state index contributed by atoms with van der Waals surface area (Å²) in [6, 6.07) is 12.4. The Morgan fingerprint density at radius 1 is 1.10 bits per heavy atom. The molecule has 0 saturated heterocycles. The van der Waals surface area contributed by atoms with Gasteiger partial charge in [-0.15, -0.1) is 0 Å². The number of ether oxygens (including phenoxy) is 1. The minimum Gasteiger partial charge on any atom is -0.454 e. The van der Waals surface area contributed by atoms with E-state index >= 15 is 0 Å². The van der Waals surface area contributed by atoms with Crippen molar-refractivity contribution in [3.05, 3.63) is 63.7 Å². The van der Waals surface area contributed by atoms with Gasteiger partial charge in [-0.1, -0.05) is 28.8 Å². The molecule has 0 saturated carbocycles. The van der Waals surface area contributed by atoms with Crippen molar-refractivity contribution in [1.82, 2.24) is 5.32 Å². The zero-order chi connectivity index (χ0) is 23.0. The molecular formula is C23H24ClN3O4. The number of aryl methyl sites for hydroxylation is 3. The number of nitriles is 1. The second-order valence-corrected chi connectivity index (χ2v) is 7.51. The molecule has 0 aromatic heterocycles. The fourth-order valence-electron chi connectivity index (χ4n) is 2.99. The molecule has 2 aromatic carbocycles. The second-order valence-electron chi connectivity index (χ2n) is 7.11. The molecule has 0 fully saturated rings. The second kappa shape index (κ2) is 11.1. The predicted molar refractivity (Wildman–Crippen MR) is 118 cm³/mol. The first-order valence-corrected chi connectivity index (χ1v) is 10.0. The van der Waals surface area contributed by atoms with Crippen molar-refractivity contribution < 1.29 is 19.1 Å². The summed E-state index contributed by atoms with van der Waals surface area (Å²) in [4.78, 5) is 38.2. The van der Waals surface area contributed by atoms with E-state index in [-0.39, 0.29) is 19.5 Å². The highest BCUT2D eigenvalue weighted by Crippen LogP contribution is 2.23. The molecule has 7 nitrogen and oxygen atoms in total. The van der Waals surface area contributed by atoms with Crippen LogP contribution in [0.5, 0.6) is 0 Å². The van der Waals surface area contributed by atoms with Crippen molar-refractivity contribution in [1.29, 1.82) is 5.26 Å². The van der Waals surface area contributed by atoms with Gasteiger partial charge in [-0.2, -0.15) is 5.26 Å². The Morgan fingerprint density at radius 2 is 1.77 bits per heavy atom. The largest absolute Gasteiger partial charge is 0.454 e. The van der Waals surface area contributed by atoms with Crippen LogP contribution in [0.2, 0.25) is 5.02 Å². The van der Waals surface area contributed by atoms with E-state index in [1.54, 1.807) is 37.3 Å². The molecule has 2 amide bonds. The fraction of sp³-hybridized carbons (Fsp3) is 0.304. The van der Waals surface area contributed by atoms with Crippen LogP contribution < -0.4 is 10.2 Å². The number of carbonyl (C=O) groups excluding carboxylic acids is 3. The monoisotopic (exact) mass is 441 g/mol. The lowest BCUT2D eigenvalue weighted by Gasteiger charge is -2.22. The molecule has 8 heteroatoms. The summed E-state index contributed by atoms with van der Waals surface area (Å²) in [5.41, 5.74) is 3.66. The van der Waals surface area contributed by atoms with Crippen LogP contribution in [0.15, 0.2) is 36.4 Å². The number of amides is 2. The van der Waals surface area contributed by atoms with Gasteiger partial charge in [0, 0.05) is 22.8 Å². The molecule has 0 atom stereocenters. The molecule has 0 unspecified atom stereocenters. The van der Waals surface area contributed by atoms with Crippen molar-refractivity contribution in [3.8, 4) is 6.07 Å². The van der Waals surface area contributed by atoms with Crippen LogP contribution in [-0.4, -0.2) is 37.5 Å². The van der Waals surface area contributed by atoms with Crippen molar-refractivity contribution in [2.45, 2.75) is 27.2 Å². The average molecular weight is 442 g/mol. The number of benzene rings is 2. The third kappa shape index (κ3) is 7.12. The van der Waals surface area contributed by atoms with Gasteiger partial charge in [0.1, 0.15) is 6.54 Å². The predicted octanol–water partition coefficient (Wildman–Crippen LogP) is 3.49. The Balaban J connectivity index is 1.93. The molecule has 2 rings (SSSR count). The lowest BCUT2D eigenvalue weighted by Crippen LogP contribution is -2.37. The molecule has 0 radical (unpaired) electrons.